The number of carbonyl (C=O) groups is 1. The summed E-state index contributed by atoms with van der Waals surface area (Å²) in [4.78, 5) is 31.2. The molecule has 1 fully saturated rings. The molecule has 4 rings (SSSR count). The SMILES string of the molecule is CSc1ncc(C(=O)N2CCC[C@H](Cc3nc4ccccc4[nH]3)C2)cn1. The van der Waals surface area contributed by atoms with E-state index in [1.165, 1.54) is 11.8 Å². The lowest BCUT2D eigenvalue weighted by Crippen LogP contribution is -2.40. The highest BCUT2D eigenvalue weighted by Gasteiger charge is 2.25. The van der Waals surface area contributed by atoms with E-state index in [1.54, 1.807) is 12.4 Å². The maximum Gasteiger partial charge on any atom is 0.257 e. The number of likely N-dealkylation sites (tertiary alicyclic amines) is 1. The van der Waals surface area contributed by atoms with Gasteiger partial charge < -0.3 is 9.88 Å². The van der Waals surface area contributed by atoms with Crippen LogP contribution in [0, 0.1) is 5.92 Å². The fourth-order valence-electron chi connectivity index (χ4n) is 3.51. The molecule has 3 heterocycles. The predicted octanol–water partition coefficient (Wildman–Crippen LogP) is 3.17. The lowest BCUT2D eigenvalue weighted by molar-refractivity contribution is 0.0671. The van der Waals surface area contributed by atoms with E-state index < -0.39 is 0 Å². The fourth-order valence-corrected chi connectivity index (χ4v) is 3.82. The van der Waals surface area contributed by atoms with Crippen LogP contribution in [0.25, 0.3) is 11.0 Å². The van der Waals surface area contributed by atoms with E-state index in [1.807, 2.05) is 35.4 Å². The molecule has 0 radical (unpaired) electrons. The number of nitrogens with zero attached hydrogens (tertiary/aromatic N) is 4. The monoisotopic (exact) mass is 367 g/mol. The number of benzene rings is 1. The molecule has 0 aliphatic carbocycles. The van der Waals surface area contributed by atoms with Gasteiger partial charge in [0.1, 0.15) is 5.82 Å². The van der Waals surface area contributed by atoms with Crippen molar-refractivity contribution in [2.45, 2.75) is 24.4 Å². The van der Waals surface area contributed by atoms with E-state index in [9.17, 15) is 4.79 Å². The Morgan fingerprint density at radius 3 is 2.88 bits per heavy atom. The molecule has 0 bridgehead atoms. The van der Waals surface area contributed by atoms with Crippen LogP contribution in [-0.2, 0) is 6.42 Å². The highest BCUT2D eigenvalue weighted by Crippen LogP contribution is 2.22. The Kier molecular flexibility index (Phi) is 4.88. The van der Waals surface area contributed by atoms with Gasteiger partial charge in [0.15, 0.2) is 5.16 Å². The third-order valence-corrected chi connectivity index (χ3v) is 5.36. The molecule has 1 atom stereocenters. The predicted molar refractivity (Wildman–Crippen MR) is 102 cm³/mol. The zero-order chi connectivity index (χ0) is 17.9. The van der Waals surface area contributed by atoms with Gasteiger partial charge in [0, 0.05) is 31.9 Å². The second-order valence-corrected chi connectivity index (χ2v) is 7.40. The summed E-state index contributed by atoms with van der Waals surface area (Å²) in [6.07, 6.45) is 8.17. The van der Waals surface area contributed by atoms with Crippen molar-refractivity contribution < 1.29 is 4.79 Å². The number of fused-ring (bicyclic) bond motifs is 1. The summed E-state index contributed by atoms with van der Waals surface area (Å²) in [6, 6.07) is 8.07. The first-order valence-corrected chi connectivity index (χ1v) is 10.0. The molecule has 134 valence electrons. The highest BCUT2D eigenvalue weighted by atomic mass is 32.2. The van der Waals surface area contributed by atoms with Gasteiger partial charge in [0.25, 0.3) is 5.91 Å². The molecule has 7 heteroatoms. The molecule has 3 aromatic rings. The molecule has 1 aliphatic rings. The molecule has 1 aliphatic heterocycles. The van der Waals surface area contributed by atoms with Gasteiger partial charge in [-0.05, 0) is 37.1 Å². The lowest BCUT2D eigenvalue weighted by atomic mass is 9.94. The van der Waals surface area contributed by atoms with Crippen molar-refractivity contribution in [3.63, 3.8) is 0 Å². The van der Waals surface area contributed by atoms with Crippen LogP contribution in [0.2, 0.25) is 0 Å². The number of piperidine rings is 1. The molecule has 1 aromatic carbocycles. The third-order valence-electron chi connectivity index (χ3n) is 4.78. The van der Waals surface area contributed by atoms with Crippen LogP contribution >= 0.6 is 11.8 Å². The van der Waals surface area contributed by atoms with Crippen LogP contribution in [0.15, 0.2) is 41.8 Å². The van der Waals surface area contributed by atoms with Crippen molar-refractivity contribution in [1.82, 2.24) is 24.8 Å². The van der Waals surface area contributed by atoms with Gasteiger partial charge in [-0.1, -0.05) is 23.9 Å². The van der Waals surface area contributed by atoms with Crippen molar-refractivity contribution in [3.8, 4) is 0 Å². The summed E-state index contributed by atoms with van der Waals surface area (Å²) in [6.45, 7) is 1.54. The standard InChI is InChI=1S/C19H21N5OS/c1-26-19-20-10-14(11-21-19)18(25)24-8-4-5-13(12-24)9-17-22-15-6-2-3-7-16(15)23-17/h2-3,6-7,10-11,13H,4-5,8-9,12H2,1H3,(H,22,23)/t13-/m1/s1. The number of nitrogens with one attached hydrogen (secondary N) is 1. The smallest absolute Gasteiger partial charge is 0.257 e. The van der Waals surface area contributed by atoms with E-state index in [0.29, 0.717) is 16.6 Å². The second-order valence-electron chi connectivity index (χ2n) is 6.62. The van der Waals surface area contributed by atoms with Gasteiger partial charge in [-0.15, -0.1) is 0 Å². The van der Waals surface area contributed by atoms with Crippen LogP contribution in [0.4, 0.5) is 0 Å². The Morgan fingerprint density at radius 1 is 1.31 bits per heavy atom. The minimum absolute atomic E-state index is 0.0203. The molecule has 26 heavy (non-hydrogen) atoms. The number of hydrogen-bond donors (Lipinski definition) is 1. The number of H-pyrrole nitrogens is 1. The number of rotatable bonds is 4. The molecule has 1 saturated heterocycles. The maximum absolute atomic E-state index is 12.8. The molecular formula is C19H21N5OS. The van der Waals surface area contributed by atoms with Crippen molar-refractivity contribution in [2.75, 3.05) is 19.3 Å². The lowest BCUT2D eigenvalue weighted by Gasteiger charge is -2.32. The summed E-state index contributed by atoms with van der Waals surface area (Å²) >= 11 is 1.47. The minimum atomic E-state index is 0.0203. The number of thioether (sulfide) groups is 1. The average Bonchev–Trinajstić information content (AvgIpc) is 3.10. The highest BCUT2D eigenvalue weighted by molar-refractivity contribution is 7.98. The van der Waals surface area contributed by atoms with E-state index in [4.69, 9.17) is 0 Å². The molecular weight excluding hydrogens is 346 g/mol. The molecule has 1 N–H and O–H groups in total. The third kappa shape index (κ3) is 3.58. The minimum Gasteiger partial charge on any atom is -0.342 e. The summed E-state index contributed by atoms with van der Waals surface area (Å²) in [5.74, 6) is 1.43. The van der Waals surface area contributed by atoms with E-state index in [0.717, 1.165) is 49.2 Å². The Hall–Kier alpha value is -2.41. The van der Waals surface area contributed by atoms with E-state index >= 15 is 0 Å². The number of imidazole rings is 1. The van der Waals surface area contributed by atoms with Gasteiger partial charge in [-0.2, -0.15) is 0 Å². The molecule has 0 spiro atoms. The largest absolute Gasteiger partial charge is 0.342 e. The molecule has 0 unspecified atom stereocenters. The van der Waals surface area contributed by atoms with Crippen LogP contribution in [0.3, 0.4) is 0 Å². The first-order valence-electron chi connectivity index (χ1n) is 8.82. The van der Waals surface area contributed by atoms with E-state index in [-0.39, 0.29) is 5.91 Å². The quantitative estimate of drug-likeness (QED) is 0.566. The van der Waals surface area contributed by atoms with Crippen LogP contribution in [0.1, 0.15) is 29.0 Å². The van der Waals surface area contributed by atoms with Gasteiger partial charge in [-0.25, -0.2) is 15.0 Å². The molecule has 2 aromatic heterocycles. The summed E-state index contributed by atoms with van der Waals surface area (Å²) in [5, 5.41) is 0.683. The van der Waals surface area contributed by atoms with Crippen LogP contribution < -0.4 is 0 Å². The van der Waals surface area contributed by atoms with Gasteiger partial charge in [0.2, 0.25) is 0 Å². The number of aromatic nitrogens is 4. The first-order chi connectivity index (χ1) is 12.7. The Labute approximate surface area is 156 Å². The first kappa shape index (κ1) is 17.0. The zero-order valence-corrected chi connectivity index (χ0v) is 15.5. The van der Waals surface area contributed by atoms with Gasteiger partial charge >= 0.3 is 0 Å². The Morgan fingerprint density at radius 2 is 2.12 bits per heavy atom. The molecule has 6 nitrogen and oxygen atoms in total. The zero-order valence-electron chi connectivity index (χ0n) is 14.7. The molecule has 1 amide bonds. The second kappa shape index (κ2) is 7.45. The number of para-hydroxylation sites is 2. The van der Waals surface area contributed by atoms with Crippen molar-refractivity contribution in [3.05, 3.63) is 48.0 Å². The average molecular weight is 367 g/mol. The van der Waals surface area contributed by atoms with Gasteiger partial charge in [0.05, 0.1) is 16.6 Å². The maximum atomic E-state index is 12.8. The summed E-state index contributed by atoms with van der Waals surface area (Å²) in [7, 11) is 0. The summed E-state index contributed by atoms with van der Waals surface area (Å²) < 4.78 is 0. The number of carbonyl (C=O) groups excluding carboxylic acids is 1. The number of aromatic amines is 1. The van der Waals surface area contributed by atoms with E-state index in [2.05, 4.69) is 19.9 Å². The van der Waals surface area contributed by atoms with Crippen molar-refractivity contribution in [1.29, 1.82) is 0 Å². The van der Waals surface area contributed by atoms with Crippen LogP contribution in [0.5, 0.6) is 0 Å². The van der Waals surface area contributed by atoms with Gasteiger partial charge in [-0.3, -0.25) is 4.79 Å². The van der Waals surface area contributed by atoms with Crippen molar-refractivity contribution >= 4 is 28.7 Å². The number of hydrogen-bond acceptors (Lipinski definition) is 5. The van der Waals surface area contributed by atoms with Crippen molar-refractivity contribution in [2.24, 2.45) is 5.92 Å². The number of amides is 1. The topological polar surface area (TPSA) is 74.8 Å². The molecule has 0 saturated carbocycles. The fraction of sp³-hybridized carbons (Fsp3) is 0.368. The summed E-state index contributed by atoms with van der Waals surface area (Å²) in [5.41, 5.74) is 2.63. The normalized spacial score (nSPS) is 17.6. The Bertz CT molecular complexity index is 875. The van der Waals surface area contributed by atoms with Crippen LogP contribution in [-0.4, -0.2) is 50.1 Å². The Balaban J connectivity index is 1.43.